The molecule has 1 aromatic heterocycles. The average molecular weight is 315 g/mol. The molecular weight excluding hydrogens is 305 g/mol. The van der Waals surface area contributed by atoms with E-state index in [0.717, 1.165) is 11.3 Å². The van der Waals surface area contributed by atoms with Crippen molar-refractivity contribution in [2.45, 2.75) is 6.61 Å². The van der Waals surface area contributed by atoms with Crippen LogP contribution in [0.4, 0.5) is 11.6 Å². The highest BCUT2D eigenvalue weighted by Gasteiger charge is 2.00. The molecule has 0 bridgehead atoms. The van der Waals surface area contributed by atoms with E-state index < -0.39 is 0 Å². The second-order valence-corrected chi connectivity index (χ2v) is 4.35. The highest BCUT2D eigenvalue weighted by molar-refractivity contribution is 14.1. The molecule has 0 fully saturated rings. The molecule has 0 atom stereocenters. The van der Waals surface area contributed by atoms with Gasteiger partial charge < -0.3 is 14.8 Å². The fourth-order valence-electron chi connectivity index (χ4n) is 1.20. The second-order valence-electron chi connectivity index (χ2n) is 3.11. The summed E-state index contributed by atoms with van der Waals surface area (Å²) < 4.78 is 6.41. The van der Waals surface area contributed by atoms with E-state index in [-0.39, 0.29) is 6.61 Å². The average Bonchev–Trinajstić information content (AvgIpc) is 2.69. The van der Waals surface area contributed by atoms with Crippen molar-refractivity contribution in [2.24, 2.45) is 0 Å². The Hall–Kier alpha value is -1.01. The molecule has 0 saturated carbocycles. The quantitative estimate of drug-likeness (QED) is 0.856. The number of aliphatic hydroxyl groups is 1. The molecule has 1 aromatic carbocycles. The molecule has 0 aliphatic rings. The maximum atomic E-state index is 8.86. The maximum absolute atomic E-state index is 8.86. The lowest BCUT2D eigenvalue weighted by Gasteiger charge is -2.01. The van der Waals surface area contributed by atoms with Crippen LogP contribution in [0.3, 0.4) is 0 Å². The van der Waals surface area contributed by atoms with Crippen molar-refractivity contribution in [1.82, 2.24) is 0 Å². The van der Waals surface area contributed by atoms with Gasteiger partial charge in [-0.15, -0.1) is 0 Å². The summed E-state index contributed by atoms with van der Waals surface area (Å²) in [7, 11) is 0. The summed E-state index contributed by atoms with van der Waals surface area (Å²) in [5, 5.41) is 12.0. The van der Waals surface area contributed by atoms with Crippen LogP contribution in [0, 0.1) is 3.57 Å². The van der Waals surface area contributed by atoms with E-state index in [1.165, 1.54) is 9.83 Å². The molecule has 1 heterocycles. The zero-order valence-corrected chi connectivity index (χ0v) is 10.1. The molecule has 0 spiro atoms. The minimum Gasteiger partial charge on any atom is -0.448 e. The summed E-state index contributed by atoms with van der Waals surface area (Å²) in [5.41, 5.74) is 1.73. The SMILES string of the molecule is OCc1coc(Nc2ccc(I)cc2)c1. The normalized spacial score (nSPS) is 10.3. The number of benzene rings is 1. The molecule has 2 N–H and O–H groups in total. The Labute approximate surface area is 101 Å². The molecule has 0 radical (unpaired) electrons. The minimum atomic E-state index is -0.00211. The van der Waals surface area contributed by atoms with Gasteiger partial charge in [0.1, 0.15) is 0 Å². The highest BCUT2D eigenvalue weighted by Crippen LogP contribution is 2.20. The minimum absolute atomic E-state index is 0.00211. The van der Waals surface area contributed by atoms with Gasteiger partial charge in [-0.1, -0.05) is 0 Å². The summed E-state index contributed by atoms with van der Waals surface area (Å²) in [6.45, 7) is -0.00211. The first kappa shape index (κ1) is 10.5. The Morgan fingerprint density at radius 2 is 2.00 bits per heavy atom. The van der Waals surface area contributed by atoms with E-state index in [9.17, 15) is 0 Å². The summed E-state index contributed by atoms with van der Waals surface area (Å²) >= 11 is 2.25. The largest absolute Gasteiger partial charge is 0.448 e. The number of hydrogen-bond acceptors (Lipinski definition) is 3. The summed E-state index contributed by atoms with van der Waals surface area (Å²) in [6, 6.07) is 9.75. The van der Waals surface area contributed by atoms with Crippen LogP contribution in [-0.2, 0) is 6.61 Å². The first-order valence-electron chi connectivity index (χ1n) is 4.49. The standard InChI is InChI=1S/C11H10INO2/c12-9-1-3-10(4-2-9)13-11-5-8(6-14)7-15-11/h1-5,7,13-14H,6H2. The first-order valence-corrected chi connectivity index (χ1v) is 5.56. The van der Waals surface area contributed by atoms with Crippen LogP contribution in [0.2, 0.25) is 0 Å². The fourth-order valence-corrected chi connectivity index (χ4v) is 1.56. The molecule has 0 saturated heterocycles. The second kappa shape index (κ2) is 4.67. The van der Waals surface area contributed by atoms with E-state index in [1.807, 2.05) is 24.3 Å². The number of halogens is 1. The van der Waals surface area contributed by atoms with E-state index in [4.69, 9.17) is 9.52 Å². The molecule has 78 valence electrons. The Balaban J connectivity index is 2.11. The zero-order chi connectivity index (χ0) is 10.7. The van der Waals surface area contributed by atoms with Crippen molar-refractivity contribution >= 4 is 34.2 Å². The van der Waals surface area contributed by atoms with Gasteiger partial charge in [0.15, 0.2) is 5.88 Å². The highest BCUT2D eigenvalue weighted by atomic mass is 127. The van der Waals surface area contributed by atoms with Crippen molar-refractivity contribution in [3.05, 3.63) is 45.7 Å². The summed E-state index contributed by atoms with van der Waals surface area (Å²) in [6.07, 6.45) is 1.54. The fraction of sp³-hybridized carbons (Fsp3) is 0.0909. The Bertz CT molecular complexity index is 436. The molecule has 4 heteroatoms. The van der Waals surface area contributed by atoms with Gasteiger partial charge in [0, 0.05) is 20.9 Å². The number of rotatable bonds is 3. The third kappa shape index (κ3) is 2.73. The molecule has 0 aliphatic heterocycles. The predicted octanol–water partition coefficient (Wildman–Crippen LogP) is 3.12. The molecule has 2 rings (SSSR count). The summed E-state index contributed by atoms with van der Waals surface area (Å²) in [5.74, 6) is 0.639. The molecular formula is C11H10INO2. The van der Waals surface area contributed by atoms with Crippen LogP contribution in [-0.4, -0.2) is 5.11 Å². The molecule has 15 heavy (non-hydrogen) atoms. The number of hydrogen-bond donors (Lipinski definition) is 2. The lowest BCUT2D eigenvalue weighted by atomic mass is 10.3. The van der Waals surface area contributed by atoms with Gasteiger partial charge in [0.25, 0.3) is 0 Å². The van der Waals surface area contributed by atoms with Gasteiger partial charge in [0.2, 0.25) is 0 Å². The van der Waals surface area contributed by atoms with Gasteiger partial charge in [-0.2, -0.15) is 0 Å². The van der Waals surface area contributed by atoms with E-state index >= 15 is 0 Å². The van der Waals surface area contributed by atoms with Crippen LogP contribution < -0.4 is 5.32 Å². The number of furan rings is 1. The van der Waals surface area contributed by atoms with Crippen LogP contribution in [0.1, 0.15) is 5.56 Å². The van der Waals surface area contributed by atoms with Crippen LogP contribution in [0.15, 0.2) is 41.0 Å². The Kier molecular flexibility index (Phi) is 3.27. The number of anilines is 2. The molecule has 0 aliphatic carbocycles. The Morgan fingerprint density at radius 3 is 2.60 bits per heavy atom. The van der Waals surface area contributed by atoms with Gasteiger partial charge in [-0.25, -0.2) is 0 Å². The topological polar surface area (TPSA) is 45.4 Å². The predicted molar refractivity (Wildman–Crippen MR) is 67.1 cm³/mol. The lowest BCUT2D eigenvalue weighted by Crippen LogP contribution is -1.87. The molecule has 0 unspecified atom stereocenters. The molecule has 3 nitrogen and oxygen atoms in total. The monoisotopic (exact) mass is 315 g/mol. The Morgan fingerprint density at radius 1 is 1.27 bits per heavy atom. The van der Waals surface area contributed by atoms with Crippen molar-refractivity contribution in [3.8, 4) is 0 Å². The van der Waals surface area contributed by atoms with Crippen LogP contribution >= 0.6 is 22.6 Å². The summed E-state index contributed by atoms with van der Waals surface area (Å²) in [4.78, 5) is 0. The molecule has 0 amide bonds. The molecule has 2 aromatic rings. The van der Waals surface area contributed by atoms with E-state index in [1.54, 1.807) is 6.07 Å². The number of nitrogens with one attached hydrogen (secondary N) is 1. The van der Waals surface area contributed by atoms with Crippen LogP contribution in [0.25, 0.3) is 0 Å². The van der Waals surface area contributed by atoms with Gasteiger partial charge >= 0.3 is 0 Å². The third-order valence-corrected chi connectivity index (χ3v) is 2.67. The van der Waals surface area contributed by atoms with Crippen LogP contribution in [0.5, 0.6) is 0 Å². The van der Waals surface area contributed by atoms with E-state index in [2.05, 4.69) is 27.9 Å². The van der Waals surface area contributed by atoms with Gasteiger partial charge in [-0.3, -0.25) is 0 Å². The maximum Gasteiger partial charge on any atom is 0.197 e. The smallest absolute Gasteiger partial charge is 0.197 e. The van der Waals surface area contributed by atoms with Crippen molar-refractivity contribution in [3.63, 3.8) is 0 Å². The first-order chi connectivity index (χ1) is 7.28. The van der Waals surface area contributed by atoms with Gasteiger partial charge in [-0.05, 0) is 46.9 Å². The number of aliphatic hydroxyl groups excluding tert-OH is 1. The van der Waals surface area contributed by atoms with Crippen molar-refractivity contribution in [2.75, 3.05) is 5.32 Å². The third-order valence-electron chi connectivity index (χ3n) is 1.95. The lowest BCUT2D eigenvalue weighted by molar-refractivity contribution is 0.280. The zero-order valence-electron chi connectivity index (χ0n) is 7.90. The van der Waals surface area contributed by atoms with Gasteiger partial charge in [0.05, 0.1) is 12.9 Å². The van der Waals surface area contributed by atoms with E-state index in [0.29, 0.717) is 5.88 Å². The van der Waals surface area contributed by atoms with Crippen molar-refractivity contribution in [1.29, 1.82) is 0 Å². The van der Waals surface area contributed by atoms with Crippen molar-refractivity contribution < 1.29 is 9.52 Å².